The third-order valence-corrected chi connectivity index (χ3v) is 1.51. The lowest BCUT2D eigenvalue weighted by Gasteiger charge is -2.04. The molecular formula is C6H12N2O2. The SMILES string of the molecule is NC(=O)CC[C@H]1CNCO1. The fourth-order valence-corrected chi connectivity index (χ4v) is 0.944. The van der Waals surface area contributed by atoms with Crippen LogP contribution in [0.25, 0.3) is 0 Å². The van der Waals surface area contributed by atoms with Crippen molar-refractivity contribution in [3.8, 4) is 0 Å². The van der Waals surface area contributed by atoms with Crippen molar-refractivity contribution in [1.29, 1.82) is 0 Å². The molecule has 0 unspecified atom stereocenters. The van der Waals surface area contributed by atoms with Crippen LogP contribution in [0.15, 0.2) is 0 Å². The molecule has 0 bridgehead atoms. The summed E-state index contributed by atoms with van der Waals surface area (Å²) in [6, 6.07) is 0. The predicted octanol–water partition coefficient (Wildman–Crippen LogP) is -0.802. The summed E-state index contributed by atoms with van der Waals surface area (Å²) in [4.78, 5) is 10.3. The normalized spacial score (nSPS) is 25.0. The predicted molar refractivity (Wildman–Crippen MR) is 36.2 cm³/mol. The summed E-state index contributed by atoms with van der Waals surface area (Å²) in [5.74, 6) is -0.254. The molecule has 0 aromatic carbocycles. The van der Waals surface area contributed by atoms with Crippen LogP contribution in [0.4, 0.5) is 0 Å². The van der Waals surface area contributed by atoms with Gasteiger partial charge in [-0.25, -0.2) is 0 Å². The van der Waals surface area contributed by atoms with Crippen LogP contribution >= 0.6 is 0 Å². The molecule has 0 saturated carbocycles. The van der Waals surface area contributed by atoms with Gasteiger partial charge >= 0.3 is 0 Å². The Hall–Kier alpha value is -0.610. The third kappa shape index (κ3) is 2.33. The number of hydrogen-bond donors (Lipinski definition) is 2. The van der Waals surface area contributed by atoms with E-state index in [-0.39, 0.29) is 12.0 Å². The van der Waals surface area contributed by atoms with Crippen LogP contribution in [0.5, 0.6) is 0 Å². The van der Waals surface area contributed by atoms with Crippen molar-refractivity contribution in [2.24, 2.45) is 5.73 Å². The highest BCUT2D eigenvalue weighted by atomic mass is 16.5. The Kier molecular flexibility index (Phi) is 2.65. The number of rotatable bonds is 3. The number of primary amides is 1. The number of nitrogens with one attached hydrogen (secondary N) is 1. The zero-order valence-corrected chi connectivity index (χ0v) is 5.80. The van der Waals surface area contributed by atoms with E-state index in [0.717, 1.165) is 13.0 Å². The molecule has 4 heteroatoms. The van der Waals surface area contributed by atoms with Crippen molar-refractivity contribution in [2.75, 3.05) is 13.3 Å². The zero-order valence-electron chi connectivity index (χ0n) is 5.80. The Morgan fingerprint density at radius 3 is 3.10 bits per heavy atom. The highest BCUT2D eigenvalue weighted by Gasteiger charge is 2.14. The van der Waals surface area contributed by atoms with Crippen molar-refractivity contribution >= 4 is 5.91 Å². The minimum Gasteiger partial charge on any atom is -0.370 e. The Bertz CT molecular complexity index is 121. The zero-order chi connectivity index (χ0) is 7.40. The number of nitrogens with two attached hydrogens (primary N) is 1. The molecule has 58 valence electrons. The van der Waals surface area contributed by atoms with Crippen molar-refractivity contribution in [1.82, 2.24) is 5.32 Å². The number of carbonyl (C=O) groups is 1. The van der Waals surface area contributed by atoms with E-state index in [1.165, 1.54) is 0 Å². The van der Waals surface area contributed by atoms with Crippen LogP contribution in [0.1, 0.15) is 12.8 Å². The van der Waals surface area contributed by atoms with Crippen molar-refractivity contribution < 1.29 is 9.53 Å². The maximum Gasteiger partial charge on any atom is 0.217 e. The van der Waals surface area contributed by atoms with E-state index in [9.17, 15) is 4.79 Å². The first-order chi connectivity index (χ1) is 4.79. The Balaban J connectivity index is 2.07. The first kappa shape index (κ1) is 7.50. The second-order valence-electron chi connectivity index (χ2n) is 2.39. The molecule has 1 rings (SSSR count). The van der Waals surface area contributed by atoms with Crippen LogP contribution in [0.3, 0.4) is 0 Å². The minimum atomic E-state index is -0.254. The van der Waals surface area contributed by atoms with Crippen molar-refractivity contribution in [3.05, 3.63) is 0 Å². The van der Waals surface area contributed by atoms with Gasteiger partial charge in [0.2, 0.25) is 5.91 Å². The smallest absolute Gasteiger partial charge is 0.217 e. The summed E-state index contributed by atoms with van der Waals surface area (Å²) >= 11 is 0. The van der Waals surface area contributed by atoms with Gasteiger partial charge in [-0.3, -0.25) is 10.1 Å². The van der Waals surface area contributed by atoms with Crippen LogP contribution in [-0.4, -0.2) is 25.3 Å². The molecule has 1 aliphatic rings. The molecule has 3 N–H and O–H groups in total. The molecule has 1 fully saturated rings. The fraction of sp³-hybridized carbons (Fsp3) is 0.833. The first-order valence-electron chi connectivity index (χ1n) is 3.39. The number of ether oxygens (including phenoxy) is 1. The third-order valence-electron chi connectivity index (χ3n) is 1.51. The summed E-state index contributed by atoms with van der Waals surface area (Å²) in [6.07, 6.45) is 1.35. The quantitative estimate of drug-likeness (QED) is 0.545. The van der Waals surface area contributed by atoms with Crippen LogP contribution in [0, 0.1) is 0 Å². The van der Waals surface area contributed by atoms with Gasteiger partial charge in [0.1, 0.15) is 0 Å². The van der Waals surface area contributed by atoms with Gasteiger partial charge in [0.25, 0.3) is 0 Å². The van der Waals surface area contributed by atoms with E-state index in [1.54, 1.807) is 0 Å². The second kappa shape index (κ2) is 3.53. The van der Waals surface area contributed by atoms with Gasteiger partial charge < -0.3 is 10.5 Å². The van der Waals surface area contributed by atoms with Gasteiger partial charge in [0, 0.05) is 13.0 Å². The molecule has 0 spiro atoms. The average molecular weight is 144 g/mol. The average Bonchev–Trinajstić information content (AvgIpc) is 2.34. The molecule has 0 radical (unpaired) electrons. The summed E-state index contributed by atoms with van der Waals surface area (Å²) in [6.45, 7) is 1.44. The standard InChI is InChI=1S/C6H12N2O2/c7-6(9)2-1-5-3-8-4-10-5/h5,8H,1-4H2,(H2,7,9)/t5-/m0/s1. The lowest BCUT2D eigenvalue weighted by Crippen LogP contribution is -2.18. The minimum absolute atomic E-state index is 0.187. The fourth-order valence-electron chi connectivity index (χ4n) is 0.944. The van der Waals surface area contributed by atoms with E-state index < -0.39 is 0 Å². The highest BCUT2D eigenvalue weighted by molar-refractivity contribution is 5.73. The second-order valence-corrected chi connectivity index (χ2v) is 2.39. The molecule has 1 heterocycles. The van der Waals surface area contributed by atoms with Crippen LogP contribution < -0.4 is 11.1 Å². The largest absolute Gasteiger partial charge is 0.370 e. The van der Waals surface area contributed by atoms with E-state index >= 15 is 0 Å². The molecule has 1 atom stereocenters. The molecular weight excluding hydrogens is 132 g/mol. The number of carbonyl (C=O) groups excluding carboxylic acids is 1. The van der Waals surface area contributed by atoms with Gasteiger partial charge in [-0.2, -0.15) is 0 Å². The summed E-state index contributed by atoms with van der Waals surface area (Å²) in [5.41, 5.74) is 4.96. The summed E-state index contributed by atoms with van der Waals surface area (Å²) in [7, 11) is 0. The number of amides is 1. The lowest BCUT2D eigenvalue weighted by molar-refractivity contribution is -0.118. The van der Waals surface area contributed by atoms with E-state index in [2.05, 4.69) is 5.32 Å². The van der Waals surface area contributed by atoms with Gasteiger partial charge in [-0.1, -0.05) is 0 Å². The molecule has 0 aliphatic carbocycles. The molecule has 1 amide bonds. The molecule has 10 heavy (non-hydrogen) atoms. The Morgan fingerprint density at radius 2 is 2.60 bits per heavy atom. The van der Waals surface area contributed by atoms with Crippen LogP contribution in [0.2, 0.25) is 0 Å². The monoisotopic (exact) mass is 144 g/mol. The summed E-state index contributed by atoms with van der Waals surface area (Å²) in [5, 5.41) is 3.02. The molecule has 1 aliphatic heterocycles. The Labute approximate surface area is 59.7 Å². The summed E-state index contributed by atoms with van der Waals surface area (Å²) < 4.78 is 5.18. The highest BCUT2D eigenvalue weighted by Crippen LogP contribution is 2.04. The van der Waals surface area contributed by atoms with Crippen LogP contribution in [-0.2, 0) is 9.53 Å². The topological polar surface area (TPSA) is 64.4 Å². The van der Waals surface area contributed by atoms with E-state index in [0.29, 0.717) is 13.2 Å². The maximum atomic E-state index is 10.3. The molecule has 0 aromatic rings. The lowest BCUT2D eigenvalue weighted by atomic mass is 10.2. The molecule has 0 aromatic heterocycles. The van der Waals surface area contributed by atoms with Gasteiger partial charge in [-0.05, 0) is 6.42 Å². The maximum absolute atomic E-state index is 10.3. The first-order valence-corrected chi connectivity index (χ1v) is 3.39. The van der Waals surface area contributed by atoms with Gasteiger partial charge in [0.15, 0.2) is 0 Å². The van der Waals surface area contributed by atoms with Gasteiger partial charge in [0.05, 0.1) is 12.8 Å². The number of hydrogen-bond acceptors (Lipinski definition) is 3. The molecule has 4 nitrogen and oxygen atoms in total. The van der Waals surface area contributed by atoms with E-state index in [1.807, 2.05) is 0 Å². The molecule has 1 saturated heterocycles. The Morgan fingerprint density at radius 1 is 1.80 bits per heavy atom. The van der Waals surface area contributed by atoms with Crippen molar-refractivity contribution in [3.63, 3.8) is 0 Å². The van der Waals surface area contributed by atoms with Crippen molar-refractivity contribution in [2.45, 2.75) is 18.9 Å². The van der Waals surface area contributed by atoms with Gasteiger partial charge in [-0.15, -0.1) is 0 Å². The van der Waals surface area contributed by atoms with E-state index in [4.69, 9.17) is 10.5 Å².